The van der Waals surface area contributed by atoms with Gasteiger partial charge in [-0.05, 0) is 48.5 Å². The minimum Gasteiger partial charge on any atom is -0.497 e. The monoisotopic (exact) mass is 300 g/mol. The van der Waals surface area contributed by atoms with E-state index in [-0.39, 0.29) is 11.2 Å². The number of amides is 2. The average Bonchev–Trinajstić information content (AvgIpc) is 2.70. The van der Waals surface area contributed by atoms with Crippen LogP contribution in [0.3, 0.4) is 0 Å². The third-order valence-electron chi connectivity index (χ3n) is 2.90. The molecule has 114 valence electrons. The summed E-state index contributed by atoms with van der Waals surface area (Å²) in [5, 5.41) is 5.32. The van der Waals surface area contributed by atoms with Gasteiger partial charge in [-0.2, -0.15) is 0 Å². The molecule has 0 aliphatic rings. The molecule has 0 radical (unpaired) electrons. The van der Waals surface area contributed by atoms with Crippen LogP contribution in [0.5, 0.6) is 11.5 Å². The molecule has 0 atom stereocenters. The lowest BCUT2D eigenvalue weighted by Gasteiger charge is -2.07. The number of ether oxygens (including phenoxy) is 2. The first-order valence-electron chi connectivity index (χ1n) is 6.53. The van der Waals surface area contributed by atoms with Gasteiger partial charge in [0.25, 0.3) is 0 Å². The normalized spacial score (nSPS) is 9.73. The van der Waals surface area contributed by atoms with Crippen molar-refractivity contribution in [3.63, 3.8) is 0 Å². The number of hydrogen-bond donors (Lipinski definition) is 2. The third kappa shape index (κ3) is 3.99. The summed E-state index contributed by atoms with van der Waals surface area (Å²) in [7, 11) is 2.99. The van der Waals surface area contributed by atoms with Crippen LogP contribution in [-0.2, 0) is 0 Å². The highest BCUT2D eigenvalue weighted by atomic mass is 16.5. The fourth-order valence-electron chi connectivity index (χ4n) is 1.77. The van der Waals surface area contributed by atoms with Crippen molar-refractivity contribution in [1.82, 2.24) is 0 Å². The van der Waals surface area contributed by atoms with Crippen molar-refractivity contribution in [3.8, 4) is 11.5 Å². The molecule has 22 heavy (non-hydrogen) atoms. The predicted molar refractivity (Wildman–Crippen MR) is 84.9 cm³/mol. The van der Waals surface area contributed by atoms with E-state index in [9.17, 15) is 9.59 Å². The number of carbonyl (C=O) groups is 1. The minimum atomic E-state index is -0.414. The van der Waals surface area contributed by atoms with Gasteiger partial charge < -0.3 is 20.1 Å². The summed E-state index contributed by atoms with van der Waals surface area (Å²) in [5.41, 5.74) is 0.846. The fraction of sp³-hybridized carbons (Fsp3) is 0.125. The molecule has 2 N–H and O–H groups in total. The van der Waals surface area contributed by atoms with Crippen molar-refractivity contribution >= 4 is 17.4 Å². The Morgan fingerprint density at radius 3 is 1.91 bits per heavy atom. The van der Waals surface area contributed by atoms with Gasteiger partial charge in [-0.3, -0.25) is 4.79 Å². The van der Waals surface area contributed by atoms with Crippen molar-refractivity contribution in [2.24, 2.45) is 0 Å². The number of benzene rings is 1. The van der Waals surface area contributed by atoms with E-state index in [0.29, 0.717) is 17.1 Å². The molecule has 6 nitrogen and oxygen atoms in total. The van der Waals surface area contributed by atoms with E-state index >= 15 is 0 Å². The minimum absolute atomic E-state index is 0.212. The van der Waals surface area contributed by atoms with E-state index in [0.717, 1.165) is 0 Å². The Hall–Kier alpha value is -3.02. The molecular weight excluding hydrogens is 284 g/mol. The topological polar surface area (TPSA) is 76.7 Å². The van der Waals surface area contributed by atoms with Crippen molar-refractivity contribution < 1.29 is 14.3 Å². The second-order valence-corrected chi connectivity index (χ2v) is 4.36. The molecule has 0 spiro atoms. The number of hydrogen-bond acceptors (Lipinski definition) is 4. The maximum absolute atomic E-state index is 11.9. The number of nitrogens with one attached hydrogen (secondary N) is 2. The number of rotatable bonds is 4. The highest BCUT2D eigenvalue weighted by molar-refractivity contribution is 5.99. The van der Waals surface area contributed by atoms with Crippen LogP contribution >= 0.6 is 0 Å². The molecule has 0 fully saturated rings. The van der Waals surface area contributed by atoms with Crippen LogP contribution in [0.1, 0.15) is 0 Å². The van der Waals surface area contributed by atoms with Crippen molar-refractivity contribution in [3.05, 3.63) is 58.8 Å². The van der Waals surface area contributed by atoms with Gasteiger partial charge in [0.2, 0.25) is 5.43 Å². The largest absolute Gasteiger partial charge is 0.497 e. The standard InChI is InChI=1S/C16H16N2O4/c1-21-13-7-3-11(4-8-13)17-16(20)18-12-5-9-14(19)15(22-2)10-6-12/h3-10H,1-2H3,(H2,17,18,20). The fourth-order valence-corrected chi connectivity index (χ4v) is 1.77. The zero-order chi connectivity index (χ0) is 15.9. The molecule has 2 rings (SSSR count). The summed E-state index contributed by atoms with van der Waals surface area (Å²) in [6.07, 6.45) is 0. The lowest BCUT2D eigenvalue weighted by Crippen LogP contribution is -2.19. The maximum atomic E-state index is 11.9. The average molecular weight is 300 g/mol. The number of anilines is 2. The Morgan fingerprint density at radius 2 is 1.36 bits per heavy atom. The molecule has 0 bridgehead atoms. The molecule has 0 heterocycles. The van der Waals surface area contributed by atoms with Gasteiger partial charge in [0.05, 0.1) is 14.2 Å². The van der Waals surface area contributed by atoms with E-state index in [1.807, 2.05) is 0 Å². The number of urea groups is 1. The lowest BCUT2D eigenvalue weighted by atomic mass is 10.3. The van der Waals surface area contributed by atoms with Crippen LogP contribution < -0.4 is 25.5 Å². The van der Waals surface area contributed by atoms with Crippen molar-refractivity contribution in [2.75, 3.05) is 24.9 Å². The molecule has 0 unspecified atom stereocenters. The Bertz CT molecular complexity index is 714. The molecule has 0 aliphatic heterocycles. The molecule has 2 aromatic carbocycles. The Kier molecular flexibility index (Phi) is 4.98. The van der Waals surface area contributed by atoms with Gasteiger partial charge in [0.15, 0.2) is 5.75 Å². The molecule has 2 amide bonds. The van der Waals surface area contributed by atoms with Crippen LogP contribution in [0.15, 0.2) is 53.3 Å². The quantitative estimate of drug-likeness (QED) is 0.910. The first kappa shape index (κ1) is 15.4. The molecule has 0 aliphatic carbocycles. The summed E-state index contributed by atoms with van der Waals surface area (Å²) in [6.45, 7) is 0. The summed E-state index contributed by atoms with van der Waals surface area (Å²) < 4.78 is 9.97. The molecule has 6 heteroatoms. The molecular formula is C16H16N2O4. The Balaban J connectivity index is 2.05. The second-order valence-electron chi connectivity index (χ2n) is 4.36. The van der Waals surface area contributed by atoms with Gasteiger partial charge in [-0.1, -0.05) is 0 Å². The second kappa shape index (κ2) is 7.12. The highest BCUT2D eigenvalue weighted by Gasteiger charge is 2.03. The van der Waals surface area contributed by atoms with Crippen LogP contribution in [0.4, 0.5) is 16.2 Å². The summed E-state index contributed by atoms with van der Waals surface area (Å²) in [5.74, 6) is 0.916. The first-order chi connectivity index (χ1) is 10.6. The van der Waals surface area contributed by atoms with E-state index < -0.39 is 6.03 Å². The molecule has 0 saturated carbocycles. The summed E-state index contributed by atoms with van der Waals surface area (Å²) in [4.78, 5) is 23.5. The van der Waals surface area contributed by atoms with Gasteiger partial charge >= 0.3 is 6.03 Å². The van der Waals surface area contributed by atoms with Crippen molar-refractivity contribution in [1.29, 1.82) is 0 Å². The highest BCUT2D eigenvalue weighted by Crippen LogP contribution is 2.15. The molecule has 0 aromatic heterocycles. The molecule has 0 saturated heterocycles. The van der Waals surface area contributed by atoms with Crippen LogP contribution in [0.2, 0.25) is 0 Å². The van der Waals surface area contributed by atoms with Crippen molar-refractivity contribution in [2.45, 2.75) is 0 Å². The predicted octanol–water partition coefficient (Wildman–Crippen LogP) is 2.71. The zero-order valence-electron chi connectivity index (χ0n) is 12.3. The lowest BCUT2D eigenvalue weighted by molar-refractivity contribution is 0.262. The first-order valence-corrected chi connectivity index (χ1v) is 6.53. The van der Waals surface area contributed by atoms with Gasteiger partial charge in [-0.15, -0.1) is 0 Å². The smallest absolute Gasteiger partial charge is 0.323 e. The van der Waals surface area contributed by atoms with E-state index in [1.54, 1.807) is 37.4 Å². The zero-order valence-corrected chi connectivity index (χ0v) is 12.3. The van der Waals surface area contributed by atoms with E-state index in [2.05, 4.69) is 10.6 Å². The number of methoxy groups -OCH3 is 2. The van der Waals surface area contributed by atoms with Gasteiger partial charge in [0.1, 0.15) is 5.75 Å². The third-order valence-corrected chi connectivity index (χ3v) is 2.90. The Labute approximate surface area is 127 Å². The summed E-state index contributed by atoms with van der Waals surface area (Å²) in [6, 6.07) is 12.5. The van der Waals surface area contributed by atoms with Crippen LogP contribution in [-0.4, -0.2) is 20.3 Å². The SMILES string of the molecule is COc1ccc(NC(=O)Nc2ccc(OC)c(=O)cc2)cc1. The van der Waals surface area contributed by atoms with E-state index in [1.165, 1.54) is 25.3 Å². The van der Waals surface area contributed by atoms with E-state index in [4.69, 9.17) is 9.47 Å². The summed E-state index contributed by atoms with van der Waals surface area (Å²) >= 11 is 0. The Morgan fingerprint density at radius 1 is 0.818 bits per heavy atom. The molecule has 2 aromatic rings. The number of carbonyl (C=O) groups excluding carboxylic acids is 1. The van der Waals surface area contributed by atoms with Crippen LogP contribution in [0.25, 0.3) is 0 Å². The van der Waals surface area contributed by atoms with Gasteiger partial charge in [0, 0.05) is 11.4 Å². The maximum Gasteiger partial charge on any atom is 0.323 e. The van der Waals surface area contributed by atoms with Crippen LogP contribution in [0, 0.1) is 0 Å². The van der Waals surface area contributed by atoms with Gasteiger partial charge in [-0.25, -0.2) is 4.79 Å².